The van der Waals surface area contributed by atoms with Gasteiger partial charge in [0.2, 0.25) is 11.9 Å². The fourth-order valence-corrected chi connectivity index (χ4v) is 4.40. The van der Waals surface area contributed by atoms with E-state index in [1.165, 1.54) is 4.90 Å². The number of nitrogens with one attached hydrogen (secondary N) is 2. The first-order valence-corrected chi connectivity index (χ1v) is 11.8. The normalized spacial score (nSPS) is 18.9. The number of carbonyl (C=O) groups excluding carboxylic acids is 2. The molecule has 3 heterocycles. The summed E-state index contributed by atoms with van der Waals surface area (Å²) in [6, 6.07) is 10.8. The summed E-state index contributed by atoms with van der Waals surface area (Å²) in [5.74, 6) is -4.56. The van der Waals surface area contributed by atoms with E-state index in [4.69, 9.17) is 0 Å². The van der Waals surface area contributed by atoms with Crippen molar-refractivity contribution in [3.8, 4) is 17.3 Å². The van der Waals surface area contributed by atoms with E-state index in [2.05, 4.69) is 31.8 Å². The number of alkyl halides is 2. The van der Waals surface area contributed by atoms with E-state index in [-0.39, 0.29) is 25.4 Å². The molecule has 12 heteroatoms. The van der Waals surface area contributed by atoms with Gasteiger partial charge in [-0.2, -0.15) is 10.4 Å². The van der Waals surface area contributed by atoms with Crippen molar-refractivity contribution in [3.63, 3.8) is 0 Å². The van der Waals surface area contributed by atoms with Gasteiger partial charge in [-0.15, -0.1) is 0 Å². The largest absolute Gasteiger partial charge is 0.352 e. The highest BCUT2D eigenvalue weighted by Gasteiger charge is 2.64. The zero-order chi connectivity index (χ0) is 26.2. The lowest BCUT2D eigenvalue weighted by Gasteiger charge is -2.49. The summed E-state index contributed by atoms with van der Waals surface area (Å²) in [5, 5.41) is 19.6. The van der Waals surface area contributed by atoms with Crippen LogP contribution in [0.15, 0.2) is 48.9 Å². The van der Waals surface area contributed by atoms with Gasteiger partial charge in [-0.05, 0) is 37.3 Å². The summed E-state index contributed by atoms with van der Waals surface area (Å²) >= 11 is 0. The number of hydrogen-bond donors (Lipinski definition) is 2. The van der Waals surface area contributed by atoms with Crippen molar-refractivity contribution in [1.29, 1.82) is 5.26 Å². The van der Waals surface area contributed by atoms with Crippen molar-refractivity contribution in [3.05, 3.63) is 54.5 Å². The predicted molar refractivity (Wildman–Crippen MR) is 129 cm³/mol. The van der Waals surface area contributed by atoms with E-state index in [0.717, 1.165) is 0 Å². The third-order valence-corrected chi connectivity index (χ3v) is 6.57. The minimum absolute atomic E-state index is 0.0851. The Bertz CT molecular complexity index is 1380. The minimum atomic E-state index is -2.92. The lowest BCUT2D eigenvalue weighted by atomic mass is 9.86. The molecule has 1 aromatic carbocycles. The van der Waals surface area contributed by atoms with Crippen molar-refractivity contribution in [2.24, 2.45) is 5.92 Å². The SMILES string of the molecule is CCNC(=O)c1ccc(Nc2nccc(-c3cnn(C4(CC#N)CN(C(=O)C5CC5(F)F)C4)c3)n2)cc1. The first-order valence-electron chi connectivity index (χ1n) is 11.8. The summed E-state index contributed by atoms with van der Waals surface area (Å²) in [6.45, 7) is 2.70. The smallest absolute Gasteiger partial charge is 0.260 e. The Hall–Kier alpha value is -4.40. The van der Waals surface area contributed by atoms with Gasteiger partial charge in [0, 0.05) is 55.3 Å². The molecule has 1 aliphatic heterocycles. The van der Waals surface area contributed by atoms with Crippen molar-refractivity contribution >= 4 is 23.5 Å². The van der Waals surface area contributed by atoms with Gasteiger partial charge in [0.05, 0.1) is 24.4 Å². The number of anilines is 2. The van der Waals surface area contributed by atoms with Crippen LogP contribution in [0.25, 0.3) is 11.3 Å². The highest BCUT2D eigenvalue weighted by molar-refractivity contribution is 5.94. The molecule has 0 spiro atoms. The van der Waals surface area contributed by atoms with E-state index >= 15 is 0 Å². The molecule has 5 rings (SSSR count). The zero-order valence-electron chi connectivity index (χ0n) is 20.0. The van der Waals surface area contributed by atoms with Crippen molar-refractivity contribution < 1.29 is 18.4 Å². The number of nitriles is 1. The molecule has 2 fully saturated rings. The van der Waals surface area contributed by atoms with Gasteiger partial charge in [0.1, 0.15) is 11.5 Å². The van der Waals surface area contributed by atoms with Gasteiger partial charge in [-0.1, -0.05) is 0 Å². The summed E-state index contributed by atoms with van der Waals surface area (Å²) in [5.41, 5.74) is 1.73. The molecule has 1 atom stereocenters. The van der Waals surface area contributed by atoms with Crippen LogP contribution in [0.1, 0.15) is 30.1 Å². The lowest BCUT2D eigenvalue weighted by molar-refractivity contribution is -0.146. The average molecular weight is 507 g/mol. The number of rotatable bonds is 8. The molecule has 190 valence electrons. The number of nitrogens with zero attached hydrogens (tertiary/aromatic N) is 6. The van der Waals surface area contributed by atoms with Gasteiger partial charge < -0.3 is 15.5 Å². The van der Waals surface area contributed by atoms with Crippen LogP contribution in [0.4, 0.5) is 20.4 Å². The fraction of sp³-hybridized carbons (Fsp3) is 0.360. The van der Waals surface area contributed by atoms with Crippen LogP contribution >= 0.6 is 0 Å². The van der Waals surface area contributed by atoms with Crippen molar-refractivity contribution in [2.45, 2.75) is 31.2 Å². The molecule has 1 saturated carbocycles. The van der Waals surface area contributed by atoms with Crippen LogP contribution in [0.5, 0.6) is 0 Å². The number of benzene rings is 1. The number of halogens is 2. The molecular formula is C25H24F2N8O2. The summed E-state index contributed by atoms with van der Waals surface area (Å²) in [4.78, 5) is 34.4. The van der Waals surface area contributed by atoms with E-state index in [9.17, 15) is 23.6 Å². The molecule has 10 nitrogen and oxygen atoms in total. The molecule has 1 unspecified atom stereocenters. The van der Waals surface area contributed by atoms with Crippen LogP contribution in [0.2, 0.25) is 0 Å². The van der Waals surface area contributed by atoms with Crippen LogP contribution in [-0.4, -0.2) is 62.0 Å². The summed E-state index contributed by atoms with van der Waals surface area (Å²) in [6.07, 6.45) is 4.60. The van der Waals surface area contributed by atoms with Crippen molar-refractivity contribution in [1.82, 2.24) is 30.0 Å². The number of aromatic nitrogens is 4. The van der Waals surface area contributed by atoms with E-state index in [1.807, 2.05) is 6.92 Å². The average Bonchev–Trinajstić information content (AvgIpc) is 3.25. The maximum atomic E-state index is 13.3. The first kappa shape index (κ1) is 24.3. The Kier molecular flexibility index (Phi) is 6.07. The monoisotopic (exact) mass is 506 g/mol. The topological polar surface area (TPSA) is 129 Å². The molecule has 2 aromatic heterocycles. The van der Waals surface area contributed by atoms with E-state index < -0.39 is 29.7 Å². The Balaban J connectivity index is 1.28. The highest BCUT2D eigenvalue weighted by Crippen LogP contribution is 2.50. The first-order chi connectivity index (χ1) is 17.7. The highest BCUT2D eigenvalue weighted by atomic mass is 19.3. The second-order valence-corrected chi connectivity index (χ2v) is 9.27. The lowest BCUT2D eigenvalue weighted by Crippen LogP contribution is -2.64. The predicted octanol–water partition coefficient (Wildman–Crippen LogP) is 2.94. The summed E-state index contributed by atoms with van der Waals surface area (Å²) in [7, 11) is 0. The maximum Gasteiger partial charge on any atom is 0.260 e. The van der Waals surface area contributed by atoms with Gasteiger partial charge in [-0.3, -0.25) is 14.3 Å². The third-order valence-electron chi connectivity index (χ3n) is 6.57. The Labute approximate surface area is 211 Å². The van der Waals surface area contributed by atoms with Crippen LogP contribution in [0.3, 0.4) is 0 Å². The minimum Gasteiger partial charge on any atom is -0.352 e. The molecule has 37 heavy (non-hydrogen) atoms. The second kappa shape index (κ2) is 9.24. The van der Waals surface area contributed by atoms with Crippen LogP contribution in [0, 0.1) is 17.2 Å². The van der Waals surface area contributed by atoms with Gasteiger partial charge in [-0.25, -0.2) is 18.7 Å². The molecule has 0 bridgehead atoms. The third kappa shape index (κ3) is 4.72. The second-order valence-electron chi connectivity index (χ2n) is 9.27. The molecule has 3 aromatic rings. The molecule has 2 amide bonds. The molecule has 2 N–H and O–H groups in total. The number of likely N-dealkylation sites (tertiary alicyclic amines) is 1. The van der Waals surface area contributed by atoms with E-state index in [0.29, 0.717) is 35.0 Å². The van der Waals surface area contributed by atoms with Crippen molar-refractivity contribution in [2.75, 3.05) is 25.0 Å². The quantitative estimate of drug-likeness (QED) is 0.481. The number of hydrogen-bond acceptors (Lipinski definition) is 7. The molecular weight excluding hydrogens is 482 g/mol. The van der Waals surface area contributed by atoms with Gasteiger partial charge in [0.15, 0.2) is 0 Å². The van der Waals surface area contributed by atoms with Crippen LogP contribution < -0.4 is 10.6 Å². The molecule has 1 aliphatic carbocycles. The Morgan fingerprint density at radius 3 is 2.59 bits per heavy atom. The van der Waals surface area contributed by atoms with E-state index in [1.54, 1.807) is 53.6 Å². The molecule has 1 saturated heterocycles. The summed E-state index contributed by atoms with van der Waals surface area (Å²) < 4.78 is 28.3. The standard InChI is InChI=1S/C25H24F2N8O2/c1-2-29-21(36)16-3-5-18(6-4-16)32-23-30-10-7-20(33-23)17-12-31-35(13-17)24(8-9-28)14-34(15-24)22(37)19-11-25(19,26)27/h3-7,10,12-13,19H,2,8,11,14-15H2,1H3,(H,29,36)(H,30,32,33). The Morgan fingerprint density at radius 2 is 1.95 bits per heavy atom. The number of amides is 2. The Morgan fingerprint density at radius 1 is 1.22 bits per heavy atom. The molecule has 0 radical (unpaired) electrons. The zero-order valence-corrected chi connectivity index (χ0v) is 20.0. The maximum absolute atomic E-state index is 13.3. The fourth-order valence-electron chi connectivity index (χ4n) is 4.40. The van der Waals surface area contributed by atoms with Gasteiger partial charge >= 0.3 is 0 Å². The van der Waals surface area contributed by atoms with Gasteiger partial charge in [0.25, 0.3) is 11.8 Å². The van der Waals surface area contributed by atoms with Crippen LogP contribution in [-0.2, 0) is 10.3 Å². The molecule has 2 aliphatic rings. The number of carbonyl (C=O) groups is 2.